The summed E-state index contributed by atoms with van der Waals surface area (Å²) in [6.45, 7) is 3.53. The number of para-hydroxylation sites is 1. The predicted octanol–water partition coefficient (Wildman–Crippen LogP) is 4.18. The number of nitrogens with zero attached hydrogens (tertiary/aromatic N) is 3. The molecular formula is C21H19ClN4O4. The largest absolute Gasteiger partial charge is 0.482 e. The van der Waals surface area contributed by atoms with Crippen molar-refractivity contribution >= 4 is 29.4 Å². The Morgan fingerprint density at radius 3 is 2.73 bits per heavy atom. The number of halogens is 1. The van der Waals surface area contributed by atoms with Crippen LogP contribution in [0.4, 0.5) is 5.69 Å². The van der Waals surface area contributed by atoms with E-state index in [-0.39, 0.29) is 12.3 Å². The van der Waals surface area contributed by atoms with E-state index in [1.165, 1.54) is 18.3 Å². The van der Waals surface area contributed by atoms with Crippen LogP contribution < -0.4 is 10.2 Å². The van der Waals surface area contributed by atoms with Crippen LogP contribution in [0.2, 0.25) is 5.02 Å². The maximum Gasteiger partial charge on any atom is 0.277 e. The fourth-order valence-electron chi connectivity index (χ4n) is 2.97. The van der Waals surface area contributed by atoms with E-state index in [0.717, 1.165) is 17.0 Å². The number of hydrogen-bond acceptors (Lipinski definition) is 5. The topological polar surface area (TPSA) is 98.8 Å². The molecule has 1 amide bonds. The van der Waals surface area contributed by atoms with E-state index in [4.69, 9.17) is 16.3 Å². The summed E-state index contributed by atoms with van der Waals surface area (Å²) in [4.78, 5) is 22.6. The van der Waals surface area contributed by atoms with Gasteiger partial charge in [0.2, 0.25) is 0 Å². The fourth-order valence-corrected chi connectivity index (χ4v) is 3.16. The summed E-state index contributed by atoms with van der Waals surface area (Å²) >= 11 is 5.98. The Balaban J connectivity index is 1.67. The first-order valence-electron chi connectivity index (χ1n) is 9.00. The summed E-state index contributed by atoms with van der Waals surface area (Å²) in [5.41, 5.74) is 5.58. The first-order chi connectivity index (χ1) is 14.4. The molecular weight excluding hydrogens is 408 g/mol. The Labute approximate surface area is 177 Å². The minimum Gasteiger partial charge on any atom is -0.482 e. The maximum absolute atomic E-state index is 11.9. The van der Waals surface area contributed by atoms with Crippen LogP contribution >= 0.6 is 11.6 Å². The number of aromatic nitrogens is 1. The molecule has 0 unspecified atom stereocenters. The molecule has 0 atom stereocenters. The third kappa shape index (κ3) is 4.84. The Kier molecular flexibility index (Phi) is 6.48. The van der Waals surface area contributed by atoms with E-state index < -0.39 is 10.8 Å². The van der Waals surface area contributed by atoms with Gasteiger partial charge < -0.3 is 9.30 Å². The SMILES string of the molecule is Cc1cc(/C=N\NC(=O)COc2ccccc2Cl)c(C)n1-c1cccc([N+](=O)[O-])c1. The minimum atomic E-state index is -0.432. The molecule has 9 heteroatoms. The number of rotatable bonds is 7. The fraction of sp³-hybridized carbons (Fsp3) is 0.143. The van der Waals surface area contributed by atoms with Gasteiger partial charge >= 0.3 is 0 Å². The third-order valence-corrected chi connectivity index (χ3v) is 4.67. The van der Waals surface area contributed by atoms with Gasteiger partial charge in [0.05, 0.1) is 21.8 Å². The van der Waals surface area contributed by atoms with Gasteiger partial charge in [-0.15, -0.1) is 0 Å². The van der Waals surface area contributed by atoms with Gasteiger partial charge in [-0.1, -0.05) is 29.8 Å². The first kappa shape index (κ1) is 21.1. The average molecular weight is 427 g/mol. The molecule has 2 aromatic carbocycles. The highest BCUT2D eigenvalue weighted by Crippen LogP contribution is 2.24. The first-order valence-corrected chi connectivity index (χ1v) is 9.37. The summed E-state index contributed by atoms with van der Waals surface area (Å²) in [5, 5.41) is 15.4. The van der Waals surface area contributed by atoms with Crippen LogP contribution in [0.25, 0.3) is 5.69 Å². The van der Waals surface area contributed by atoms with Crippen LogP contribution in [0.1, 0.15) is 17.0 Å². The Morgan fingerprint density at radius 2 is 2.00 bits per heavy atom. The number of carbonyl (C=O) groups is 1. The molecule has 0 saturated carbocycles. The molecule has 1 aromatic heterocycles. The zero-order valence-corrected chi connectivity index (χ0v) is 17.1. The highest BCUT2D eigenvalue weighted by molar-refractivity contribution is 6.32. The number of hydrazone groups is 1. The number of nitro benzene ring substituents is 1. The highest BCUT2D eigenvalue weighted by atomic mass is 35.5. The number of aryl methyl sites for hydroxylation is 1. The van der Waals surface area contributed by atoms with Crippen molar-refractivity contribution in [1.29, 1.82) is 0 Å². The van der Waals surface area contributed by atoms with Crippen molar-refractivity contribution in [2.75, 3.05) is 6.61 Å². The highest BCUT2D eigenvalue weighted by Gasteiger charge is 2.13. The van der Waals surface area contributed by atoms with Crippen molar-refractivity contribution in [3.05, 3.63) is 86.7 Å². The standard InChI is InChI=1S/C21H19ClN4O4/c1-14-10-16(15(2)25(14)17-6-5-7-18(11-17)26(28)29)12-23-24-21(27)13-30-20-9-4-3-8-19(20)22/h3-12H,13H2,1-2H3,(H,24,27)/b23-12-. The quantitative estimate of drug-likeness (QED) is 0.348. The van der Waals surface area contributed by atoms with Crippen LogP contribution in [-0.2, 0) is 4.79 Å². The number of non-ortho nitro benzene ring substituents is 1. The number of benzene rings is 2. The molecule has 30 heavy (non-hydrogen) atoms. The second-order valence-electron chi connectivity index (χ2n) is 6.45. The summed E-state index contributed by atoms with van der Waals surface area (Å²) in [5.74, 6) is -0.0162. The van der Waals surface area contributed by atoms with Gasteiger partial charge in [-0.2, -0.15) is 5.10 Å². The van der Waals surface area contributed by atoms with Crippen molar-refractivity contribution < 1.29 is 14.5 Å². The van der Waals surface area contributed by atoms with Gasteiger partial charge in [0, 0.05) is 29.1 Å². The van der Waals surface area contributed by atoms with Crippen LogP contribution in [0.15, 0.2) is 59.7 Å². The van der Waals surface area contributed by atoms with Gasteiger partial charge in [-0.05, 0) is 38.1 Å². The molecule has 1 heterocycles. The van der Waals surface area contributed by atoms with Gasteiger partial charge in [0.1, 0.15) is 5.75 Å². The molecule has 154 valence electrons. The number of nitrogens with one attached hydrogen (secondary N) is 1. The molecule has 1 N–H and O–H groups in total. The minimum absolute atomic E-state index is 0.0148. The molecule has 3 rings (SSSR count). The van der Waals surface area contributed by atoms with Crippen molar-refractivity contribution in [2.24, 2.45) is 5.10 Å². The van der Waals surface area contributed by atoms with E-state index in [1.54, 1.807) is 36.4 Å². The molecule has 0 aliphatic carbocycles. The number of carbonyl (C=O) groups excluding carboxylic acids is 1. The van der Waals surface area contributed by atoms with Gasteiger partial charge in [0.25, 0.3) is 11.6 Å². The lowest BCUT2D eigenvalue weighted by atomic mass is 10.2. The van der Waals surface area contributed by atoms with Crippen LogP contribution in [-0.4, -0.2) is 28.2 Å². The lowest BCUT2D eigenvalue weighted by molar-refractivity contribution is -0.384. The molecule has 8 nitrogen and oxygen atoms in total. The zero-order chi connectivity index (χ0) is 21.7. The van der Waals surface area contributed by atoms with Gasteiger partial charge in [-0.3, -0.25) is 14.9 Å². The van der Waals surface area contributed by atoms with Crippen LogP contribution in [0.3, 0.4) is 0 Å². The lowest BCUT2D eigenvalue weighted by Gasteiger charge is -2.09. The Morgan fingerprint density at radius 1 is 1.23 bits per heavy atom. The second-order valence-corrected chi connectivity index (χ2v) is 6.86. The van der Waals surface area contributed by atoms with Crippen molar-refractivity contribution in [3.8, 4) is 11.4 Å². The summed E-state index contributed by atoms with van der Waals surface area (Å²) in [7, 11) is 0. The second kappa shape index (κ2) is 9.23. The average Bonchev–Trinajstić information content (AvgIpc) is 3.00. The molecule has 0 aliphatic rings. The van der Waals surface area contributed by atoms with Crippen LogP contribution in [0, 0.1) is 24.0 Å². The maximum atomic E-state index is 11.9. The molecule has 0 spiro atoms. The van der Waals surface area contributed by atoms with E-state index in [0.29, 0.717) is 16.5 Å². The smallest absolute Gasteiger partial charge is 0.277 e. The van der Waals surface area contributed by atoms with Gasteiger partial charge in [-0.25, -0.2) is 5.43 Å². The zero-order valence-electron chi connectivity index (χ0n) is 16.3. The van der Waals surface area contributed by atoms with Crippen molar-refractivity contribution in [3.63, 3.8) is 0 Å². The third-order valence-electron chi connectivity index (χ3n) is 4.36. The van der Waals surface area contributed by atoms with Crippen LogP contribution in [0.5, 0.6) is 5.75 Å². The number of ether oxygens (including phenoxy) is 1. The summed E-state index contributed by atoms with van der Waals surface area (Å²) in [6.07, 6.45) is 1.52. The molecule has 0 aliphatic heterocycles. The molecule has 0 bridgehead atoms. The molecule has 3 aromatic rings. The van der Waals surface area contributed by atoms with E-state index in [9.17, 15) is 14.9 Å². The van der Waals surface area contributed by atoms with Crippen molar-refractivity contribution in [2.45, 2.75) is 13.8 Å². The van der Waals surface area contributed by atoms with Crippen molar-refractivity contribution in [1.82, 2.24) is 9.99 Å². The monoisotopic (exact) mass is 426 g/mol. The molecule has 0 saturated heterocycles. The van der Waals surface area contributed by atoms with E-state index >= 15 is 0 Å². The number of amides is 1. The summed E-state index contributed by atoms with van der Waals surface area (Å²) in [6, 6.07) is 15.1. The lowest BCUT2D eigenvalue weighted by Crippen LogP contribution is -2.24. The normalized spacial score (nSPS) is 10.9. The Bertz CT molecular complexity index is 1120. The number of hydrogen-bond donors (Lipinski definition) is 1. The predicted molar refractivity (Wildman–Crippen MR) is 115 cm³/mol. The number of nitro groups is 1. The Hall–Kier alpha value is -3.65. The van der Waals surface area contributed by atoms with E-state index in [1.807, 2.05) is 24.5 Å². The molecule has 0 fully saturated rings. The van der Waals surface area contributed by atoms with E-state index in [2.05, 4.69) is 10.5 Å². The van der Waals surface area contributed by atoms with Gasteiger partial charge in [0.15, 0.2) is 6.61 Å². The summed E-state index contributed by atoms with van der Waals surface area (Å²) < 4.78 is 7.25. The molecule has 0 radical (unpaired) electrons.